The van der Waals surface area contributed by atoms with E-state index in [9.17, 15) is 5.11 Å². The molecule has 0 spiro atoms. The number of aliphatic hydroxyl groups excluding tert-OH is 1. The normalized spacial score (nSPS) is 10.1. The fraction of sp³-hybridized carbons (Fsp3) is 0.333. The number of aryl methyl sites for hydroxylation is 2. The third-order valence-corrected chi connectivity index (χ3v) is 1.87. The highest BCUT2D eigenvalue weighted by molar-refractivity contribution is 5.40. The van der Waals surface area contributed by atoms with Crippen molar-refractivity contribution in [2.24, 2.45) is 0 Å². The zero-order chi connectivity index (χ0) is 8.43. The van der Waals surface area contributed by atoms with Crippen LogP contribution in [0.1, 0.15) is 16.7 Å². The van der Waals surface area contributed by atoms with Gasteiger partial charge in [-0.25, -0.2) is 0 Å². The van der Waals surface area contributed by atoms with E-state index in [4.69, 9.17) is 5.11 Å². The minimum atomic E-state index is -0.104. The second-order valence-corrected chi connectivity index (χ2v) is 2.72. The molecule has 0 saturated heterocycles. The van der Waals surface area contributed by atoms with E-state index in [1.807, 2.05) is 13.8 Å². The van der Waals surface area contributed by atoms with E-state index in [0.29, 0.717) is 5.56 Å². The summed E-state index contributed by atoms with van der Waals surface area (Å²) in [5, 5.41) is 18.0. The Bertz CT molecular complexity index is 267. The standard InChI is InChI=1S/C9H12O2/c1-6-3-8(5-10)9(11)4-7(6)2/h3-4,10-11H,5H2,1-2H3. The van der Waals surface area contributed by atoms with Gasteiger partial charge >= 0.3 is 0 Å². The van der Waals surface area contributed by atoms with Crippen LogP contribution in [0.25, 0.3) is 0 Å². The second kappa shape index (κ2) is 2.93. The molecule has 0 atom stereocenters. The molecule has 2 nitrogen and oxygen atoms in total. The smallest absolute Gasteiger partial charge is 0.121 e. The molecule has 0 amide bonds. The van der Waals surface area contributed by atoms with E-state index in [1.54, 1.807) is 12.1 Å². The molecule has 0 heterocycles. The molecular formula is C9H12O2. The Morgan fingerprint density at radius 1 is 1.18 bits per heavy atom. The zero-order valence-corrected chi connectivity index (χ0v) is 6.76. The Balaban J connectivity index is 3.21. The molecule has 1 aromatic rings. The second-order valence-electron chi connectivity index (χ2n) is 2.72. The molecule has 1 aromatic carbocycles. The minimum absolute atomic E-state index is 0.104. The molecule has 2 heteroatoms. The molecule has 0 bridgehead atoms. The van der Waals surface area contributed by atoms with Gasteiger partial charge in [-0.1, -0.05) is 0 Å². The van der Waals surface area contributed by atoms with Crippen LogP contribution >= 0.6 is 0 Å². The van der Waals surface area contributed by atoms with E-state index >= 15 is 0 Å². The van der Waals surface area contributed by atoms with Gasteiger partial charge in [0.05, 0.1) is 6.61 Å². The van der Waals surface area contributed by atoms with Crippen molar-refractivity contribution in [2.75, 3.05) is 0 Å². The van der Waals surface area contributed by atoms with Crippen LogP contribution in [0.4, 0.5) is 0 Å². The van der Waals surface area contributed by atoms with Crippen molar-refractivity contribution < 1.29 is 10.2 Å². The Morgan fingerprint density at radius 2 is 1.73 bits per heavy atom. The summed E-state index contributed by atoms with van der Waals surface area (Å²) in [6, 6.07) is 3.46. The Hall–Kier alpha value is -1.02. The highest BCUT2D eigenvalue weighted by atomic mass is 16.3. The van der Waals surface area contributed by atoms with Crippen molar-refractivity contribution in [2.45, 2.75) is 20.5 Å². The SMILES string of the molecule is Cc1cc(O)c(CO)cc1C. The Labute approximate surface area is 66.1 Å². The maximum absolute atomic E-state index is 9.26. The molecule has 60 valence electrons. The van der Waals surface area contributed by atoms with E-state index in [1.165, 1.54) is 0 Å². The van der Waals surface area contributed by atoms with Crippen LogP contribution in [0.2, 0.25) is 0 Å². The Kier molecular flexibility index (Phi) is 2.15. The van der Waals surface area contributed by atoms with E-state index in [2.05, 4.69) is 0 Å². The van der Waals surface area contributed by atoms with Crippen molar-refractivity contribution >= 4 is 0 Å². The molecule has 2 N–H and O–H groups in total. The van der Waals surface area contributed by atoms with Gasteiger partial charge in [-0.2, -0.15) is 0 Å². The first-order valence-electron chi connectivity index (χ1n) is 3.55. The van der Waals surface area contributed by atoms with Crippen molar-refractivity contribution in [3.8, 4) is 5.75 Å². The van der Waals surface area contributed by atoms with Gasteiger partial charge in [0.15, 0.2) is 0 Å². The highest BCUT2D eigenvalue weighted by Gasteiger charge is 2.01. The van der Waals surface area contributed by atoms with Crippen LogP contribution in [0.15, 0.2) is 12.1 Å². The maximum atomic E-state index is 9.26. The topological polar surface area (TPSA) is 40.5 Å². The van der Waals surface area contributed by atoms with Gasteiger partial charge in [0.2, 0.25) is 0 Å². The third kappa shape index (κ3) is 1.52. The van der Waals surface area contributed by atoms with Crippen molar-refractivity contribution in [3.05, 3.63) is 28.8 Å². The van der Waals surface area contributed by atoms with Crippen LogP contribution in [0.3, 0.4) is 0 Å². The van der Waals surface area contributed by atoms with Crippen LogP contribution in [-0.2, 0) is 6.61 Å². The fourth-order valence-electron chi connectivity index (χ4n) is 0.987. The van der Waals surface area contributed by atoms with E-state index in [-0.39, 0.29) is 12.4 Å². The molecule has 1 rings (SSSR count). The summed E-state index contributed by atoms with van der Waals surface area (Å²) >= 11 is 0. The molecule has 11 heavy (non-hydrogen) atoms. The number of hydrogen-bond acceptors (Lipinski definition) is 2. The first kappa shape index (κ1) is 8.08. The van der Waals surface area contributed by atoms with E-state index in [0.717, 1.165) is 11.1 Å². The fourth-order valence-corrected chi connectivity index (χ4v) is 0.987. The number of phenols is 1. The van der Waals surface area contributed by atoms with Gasteiger partial charge in [0.25, 0.3) is 0 Å². The van der Waals surface area contributed by atoms with Crippen LogP contribution in [0.5, 0.6) is 5.75 Å². The molecule has 0 radical (unpaired) electrons. The van der Waals surface area contributed by atoms with Gasteiger partial charge in [-0.05, 0) is 37.1 Å². The molecular weight excluding hydrogens is 140 g/mol. The van der Waals surface area contributed by atoms with Crippen LogP contribution < -0.4 is 0 Å². The quantitative estimate of drug-likeness (QED) is 0.640. The third-order valence-electron chi connectivity index (χ3n) is 1.87. The average Bonchev–Trinajstić information content (AvgIpc) is 1.97. The molecule has 0 aliphatic carbocycles. The average molecular weight is 152 g/mol. The lowest BCUT2D eigenvalue weighted by Gasteiger charge is -2.04. The van der Waals surface area contributed by atoms with Crippen molar-refractivity contribution in [3.63, 3.8) is 0 Å². The summed E-state index contributed by atoms with van der Waals surface area (Å²) in [6.45, 7) is 3.77. The summed E-state index contributed by atoms with van der Waals surface area (Å²) < 4.78 is 0. The number of benzene rings is 1. The molecule has 0 saturated carbocycles. The zero-order valence-electron chi connectivity index (χ0n) is 6.76. The maximum Gasteiger partial charge on any atom is 0.121 e. The van der Waals surface area contributed by atoms with Gasteiger partial charge in [-0.3, -0.25) is 0 Å². The Morgan fingerprint density at radius 3 is 2.27 bits per heavy atom. The lowest BCUT2D eigenvalue weighted by Crippen LogP contribution is -1.88. The first-order chi connectivity index (χ1) is 5.15. The summed E-state index contributed by atoms with van der Waals surface area (Å²) in [5.41, 5.74) is 2.72. The van der Waals surface area contributed by atoms with Crippen molar-refractivity contribution in [1.29, 1.82) is 0 Å². The first-order valence-corrected chi connectivity index (χ1v) is 3.55. The monoisotopic (exact) mass is 152 g/mol. The lowest BCUT2D eigenvalue weighted by molar-refractivity contribution is 0.275. The van der Waals surface area contributed by atoms with Gasteiger partial charge in [0.1, 0.15) is 5.75 Å². The molecule has 0 unspecified atom stereocenters. The summed E-state index contributed by atoms with van der Waals surface area (Å²) in [6.07, 6.45) is 0. The van der Waals surface area contributed by atoms with Gasteiger partial charge in [0, 0.05) is 5.56 Å². The largest absolute Gasteiger partial charge is 0.508 e. The minimum Gasteiger partial charge on any atom is -0.508 e. The molecule has 0 aliphatic heterocycles. The molecule has 0 aliphatic rings. The number of hydrogen-bond donors (Lipinski definition) is 2. The number of aromatic hydroxyl groups is 1. The summed E-state index contributed by atoms with van der Waals surface area (Å²) in [4.78, 5) is 0. The van der Waals surface area contributed by atoms with Crippen LogP contribution in [0, 0.1) is 13.8 Å². The molecule has 0 aromatic heterocycles. The summed E-state index contributed by atoms with van der Waals surface area (Å²) in [7, 11) is 0. The van der Waals surface area contributed by atoms with Crippen molar-refractivity contribution in [1.82, 2.24) is 0 Å². The highest BCUT2D eigenvalue weighted by Crippen LogP contribution is 2.21. The molecule has 0 fully saturated rings. The summed E-state index contributed by atoms with van der Waals surface area (Å²) in [5.74, 6) is 0.176. The van der Waals surface area contributed by atoms with Gasteiger partial charge < -0.3 is 10.2 Å². The predicted octanol–water partition coefficient (Wildman–Crippen LogP) is 1.50. The van der Waals surface area contributed by atoms with Crippen LogP contribution in [-0.4, -0.2) is 10.2 Å². The number of aliphatic hydroxyl groups is 1. The van der Waals surface area contributed by atoms with Gasteiger partial charge in [-0.15, -0.1) is 0 Å². The van der Waals surface area contributed by atoms with E-state index < -0.39 is 0 Å². The predicted molar refractivity (Wildman–Crippen MR) is 43.5 cm³/mol. The number of rotatable bonds is 1. The lowest BCUT2D eigenvalue weighted by atomic mass is 10.1.